The van der Waals surface area contributed by atoms with Crippen LogP contribution in [0.4, 0.5) is 34.1 Å². The number of rotatable bonds is 6. The molecule has 1 aliphatic rings. The van der Waals surface area contributed by atoms with Crippen molar-refractivity contribution in [2.45, 2.75) is 19.3 Å². The first-order valence-electron chi connectivity index (χ1n) is 18.4. The van der Waals surface area contributed by atoms with Crippen molar-refractivity contribution in [2.24, 2.45) is 0 Å². The minimum Gasteiger partial charge on any atom is -0.310 e. The number of anilines is 6. The summed E-state index contributed by atoms with van der Waals surface area (Å²) in [6, 6.07) is 70.9. The number of hydrogen-bond donors (Lipinski definition) is 0. The highest BCUT2D eigenvalue weighted by atomic mass is 15.1. The molecule has 53 heavy (non-hydrogen) atoms. The van der Waals surface area contributed by atoms with E-state index in [-0.39, 0.29) is 5.41 Å². The second-order valence-electron chi connectivity index (χ2n) is 14.7. The van der Waals surface area contributed by atoms with Gasteiger partial charge in [0, 0.05) is 39.5 Å². The van der Waals surface area contributed by atoms with Gasteiger partial charge in [-0.15, -0.1) is 0 Å². The van der Waals surface area contributed by atoms with Crippen LogP contribution in [0.25, 0.3) is 43.4 Å². The van der Waals surface area contributed by atoms with Crippen LogP contribution in [0.3, 0.4) is 0 Å². The number of fused-ring (bicyclic) bond motifs is 6. The van der Waals surface area contributed by atoms with Crippen LogP contribution in [0.15, 0.2) is 194 Å². The van der Waals surface area contributed by atoms with Gasteiger partial charge in [0.25, 0.3) is 0 Å². The summed E-state index contributed by atoms with van der Waals surface area (Å²) in [5.74, 6) is 0. The van der Waals surface area contributed by atoms with Crippen LogP contribution in [0.5, 0.6) is 0 Å². The Morgan fingerprint density at radius 3 is 1.23 bits per heavy atom. The molecule has 0 heterocycles. The quantitative estimate of drug-likeness (QED) is 0.173. The van der Waals surface area contributed by atoms with Gasteiger partial charge in [0.2, 0.25) is 0 Å². The van der Waals surface area contributed by atoms with Gasteiger partial charge in [-0.25, -0.2) is 0 Å². The maximum atomic E-state index is 2.44. The van der Waals surface area contributed by atoms with Gasteiger partial charge in [0.1, 0.15) is 0 Å². The Labute approximate surface area is 310 Å². The second-order valence-corrected chi connectivity index (χ2v) is 14.7. The predicted octanol–water partition coefficient (Wildman–Crippen LogP) is 14.4. The molecule has 0 aromatic heterocycles. The molecule has 2 nitrogen and oxygen atoms in total. The third kappa shape index (κ3) is 5.26. The fourth-order valence-electron chi connectivity index (χ4n) is 8.41. The molecule has 0 amide bonds. The van der Waals surface area contributed by atoms with Gasteiger partial charge in [-0.1, -0.05) is 123 Å². The zero-order chi connectivity index (χ0) is 35.5. The van der Waals surface area contributed by atoms with E-state index in [0.29, 0.717) is 0 Å². The SMILES string of the molecule is CC1(C)c2cc(N(c3ccccc3)c3ccc4ccccc4c3)ccc2-c2cc3ccc(N(c4ccccc4)c4ccc5ccccc5c4)cc3cc21. The fourth-order valence-corrected chi connectivity index (χ4v) is 8.41. The van der Waals surface area contributed by atoms with Crippen molar-refractivity contribution in [2.75, 3.05) is 9.80 Å². The van der Waals surface area contributed by atoms with Crippen LogP contribution in [0, 0.1) is 0 Å². The highest BCUT2D eigenvalue weighted by molar-refractivity contribution is 5.98. The van der Waals surface area contributed by atoms with E-state index in [9.17, 15) is 0 Å². The topological polar surface area (TPSA) is 6.48 Å². The highest BCUT2D eigenvalue weighted by Crippen LogP contribution is 2.52. The van der Waals surface area contributed by atoms with Crippen molar-refractivity contribution in [3.8, 4) is 11.1 Å². The molecule has 252 valence electrons. The first-order chi connectivity index (χ1) is 26.0. The maximum Gasteiger partial charge on any atom is 0.0468 e. The molecular weight excluding hydrogens is 641 g/mol. The lowest BCUT2D eigenvalue weighted by Crippen LogP contribution is -2.16. The molecular formula is C51H38N2. The van der Waals surface area contributed by atoms with Gasteiger partial charge >= 0.3 is 0 Å². The summed E-state index contributed by atoms with van der Waals surface area (Å²) in [4.78, 5) is 4.76. The number of benzene rings is 9. The van der Waals surface area contributed by atoms with Gasteiger partial charge in [-0.2, -0.15) is 0 Å². The van der Waals surface area contributed by atoms with E-state index < -0.39 is 0 Å². The van der Waals surface area contributed by atoms with E-state index in [2.05, 4.69) is 218 Å². The molecule has 0 bridgehead atoms. The van der Waals surface area contributed by atoms with Crippen LogP contribution >= 0.6 is 0 Å². The molecule has 1 aliphatic carbocycles. The van der Waals surface area contributed by atoms with Crippen LogP contribution in [0.1, 0.15) is 25.0 Å². The molecule has 0 aliphatic heterocycles. The van der Waals surface area contributed by atoms with E-state index >= 15 is 0 Å². The minimum atomic E-state index is -0.186. The predicted molar refractivity (Wildman–Crippen MR) is 226 cm³/mol. The van der Waals surface area contributed by atoms with E-state index in [4.69, 9.17) is 0 Å². The summed E-state index contributed by atoms with van der Waals surface area (Å²) in [6.07, 6.45) is 0. The van der Waals surface area contributed by atoms with Crippen molar-refractivity contribution < 1.29 is 0 Å². The Bertz CT molecular complexity index is 2820. The molecule has 0 N–H and O–H groups in total. The van der Waals surface area contributed by atoms with Crippen LogP contribution in [0.2, 0.25) is 0 Å². The van der Waals surface area contributed by atoms with E-state index in [1.54, 1.807) is 0 Å². The first kappa shape index (κ1) is 31.1. The standard InChI is InChI=1S/C51H38N2/c1-51(2)49-33-40-31-45(52(41-17-5-3-6-18-41)43-24-21-35-13-9-11-15-37(35)29-43)26-23-39(40)32-48(49)47-28-27-46(34-50(47)51)53(42-19-7-4-8-20-42)44-25-22-36-14-10-12-16-38(36)30-44/h3-34H,1-2H3. The van der Waals surface area contributed by atoms with Gasteiger partial charge in [0.05, 0.1) is 0 Å². The lowest BCUT2D eigenvalue weighted by Gasteiger charge is -2.28. The Balaban J connectivity index is 1.08. The first-order valence-corrected chi connectivity index (χ1v) is 18.4. The monoisotopic (exact) mass is 678 g/mol. The van der Waals surface area contributed by atoms with Crippen molar-refractivity contribution in [3.05, 3.63) is 205 Å². The average Bonchev–Trinajstić information content (AvgIpc) is 3.42. The zero-order valence-corrected chi connectivity index (χ0v) is 29.9. The summed E-state index contributed by atoms with van der Waals surface area (Å²) in [5, 5.41) is 7.44. The largest absolute Gasteiger partial charge is 0.310 e. The Kier molecular flexibility index (Phi) is 7.19. The summed E-state index contributed by atoms with van der Waals surface area (Å²) in [7, 11) is 0. The van der Waals surface area contributed by atoms with Gasteiger partial charge < -0.3 is 9.80 Å². The highest BCUT2D eigenvalue weighted by Gasteiger charge is 2.36. The summed E-state index contributed by atoms with van der Waals surface area (Å²) >= 11 is 0. The second kappa shape index (κ2) is 12.3. The molecule has 0 radical (unpaired) electrons. The molecule has 9 aromatic rings. The molecule has 0 spiro atoms. The average molecular weight is 679 g/mol. The molecule has 0 atom stereocenters. The number of para-hydroxylation sites is 2. The van der Waals surface area contributed by atoms with Crippen molar-refractivity contribution in [3.63, 3.8) is 0 Å². The van der Waals surface area contributed by atoms with Crippen LogP contribution < -0.4 is 9.80 Å². The third-order valence-corrected chi connectivity index (χ3v) is 11.1. The maximum absolute atomic E-state index is 2.44. The molecule has 9 aromatic carbocycles. The van der Waals surface area contributed by atoms with E-state index in [0.717, 1.165) is 34.1 Å². The van der Waals surface area contributed by atoms with E-state index in [1.165, 1.54) is 54.6 Å². The molecule has 0 fully saturated rings. The van der Waals surface area contributed by atoms with Crippen molar-refractivity contribution in [1.29, 1.82) is 0 Å². The molecule has 10 rings (SSSR count). The fraction of sp³-hybridized carbons (Fsp3) is 0.0588. The van der Waals surface area contributed by atoms with Gasteiger partial charge in [-0.3, -0.25) is 0 Å². The van der Waals surface area contributed by atoms with Crippen LogP contribution in [-0.2, 0) is 5.41 Å². The van der Waals surface area contributed by atoms with Crippen molar-refractivity contribution >= 4 is 66.4 Å². The molecule has 2 heteroatoms. The normalized spacial score (nSPS) is 12.9. The Morgan fingerprint density at radius 1 is 0.283 bits per heavy atom. The van der Waals surface area contributed by atoms with E-state index in [1.807, 2.05) is 0 Å². The molecule has 0 unspecified atom stereocenters. The third-order valence-electron chi connectivity index (χ3n) is 11.1. The zero-order valence-electron chi connectivity index (χ0n) is 29.9. The Hall–Kier alpha value is -6.64. The summed E-state index contributed by atoms with van der Waals surface area (Å²) < 4.78 is 0. The summed E-state index contributed by atoms with van der Waals surface area (Å²) in [5.41, 5.74) is 12.0. The number of nitrogens with zero attached hydrogens (tertiary/aromatic N) is 2. The molecule has 0 saturated carbocycles. The van der Waals surface area contributed by atoms with Crippen LogP contribution in [-0.4, -0.2) is 0 Å². The van der Waals surface area contributed by atoms with Gasteiger partial charge in [-0.05, 0) is 140 Å². The lowest BCUT2D eigenvalue weighted by atomic mass is 9.81. The lowest BCUT2D eigenvalue weighted by molar-refractivity contribution is 0.661. The summed E-state index contributed by atoms with van der Waals surface area (Å²) in [6.45, 7) is 4.76. The van der Waals surface area contributed by atoms with Crippen molar-refractivity contribution in [1.82, 2.24) is 0 Å². The molecule has 0 saturated heterocycles. The Morgan fingerprint density at radius 2 is 0.679 bits per heavy atom. The minimum absolute atomic E-state index is 0.186. The smallest absolute Gasteiger partial charge is 0.0468 e. The van der Waals surface area contributed by atoms with Gasteiger partial charge in [0.15, 0.2) is 0 Å². The number of hydrogen-bond acceptors (Lipinski definition) is 2.